The number of carbonyl (C=O) groups excluding carboxylic acids is 1. The zero-order chi connectivity index (χ0) is 16.9. The predicted octanol–water partition coefficient (Wildman–Crippen LogP) is 3.11. The maximum atomic E-state index is 12.0. The zero-order valence-corrected chi connectivity index (χ0v) is 13.5. The topological polar surface area (TPSA) is 79.9 Å². The van der Waals surface area contributed by atoms with E-state index in [1.54, 1.807) is 0 Å². The van der Waals surface area contributed by atoms with E-state index in [0.29, 0.717) is 11.6 Å². The Bertz CT molecular complexity index is 840. The number of hydrogen-bond acceptors (Lipinski definition) is 4. The minimum atomic E-state index is -0.312. The van der Waals surface area contributed by atoms with Gasteiger partial charge in [0.05, 0.1) is 0 Å². The summed E-state index contributed by atoms with van der Waals surface area (Å²) < 4.78 is 5.50. The highest BCUT2D eigenvalue weighted by Gasteiger charge is 2.10. The maximum Gasteiger partial charge on any atom is 0.264 e. The largest absolute Gasteiger partial charge is 0.483 e. The molecule has 0 aliphatic heterocycles. The van der Waals surface area contributed by atoms with Gasteiger partial charge in [0.2, 0.25) is 5.95 Å². The van der Waals surface area contributed by atoms with Crippen LogP contribution in [0.4, 0.5) is 5.95 Å². The van der Waals surface area contributed by atoms with Crippen LogP contribution in [0.25, 0.3) is 11.4 Å². The molecule has 1 heterocycles. The fourth-order valence-corrected chi connectivity index (χ4v) is 2.18. The van der Waals surface area contributed by atoms with E-state index in [0.717, 1.165) is 11.1 Å². The first-order chi connectivity index (χ1) is 11.6. The lowest BCUT2D eigenvalue weighted by atomic mass is 10.1. The standard InChI is InChI=1S/C18H18N4O2/c1-12-7-9-14(10-8-12)17-20-18(22-21-17)19-16(23)11-24-15-6-4-3-5-13(15)2/h3-10H,11H2,1-2H3,(H2,19,20,21,22,23). The Morgan fingerprint density at radius 3 is 2.62 bits per heavy atom. The molecule has 0 bridgehead atoms. The summed E-state index contributed by atoms with van der Waals surface area (Å²) in [6.07, 6.45) is 0. The number of aromatic amines is 1. The van der Waals surface area contributed by atoms with E-state index in [4.69, 9.17) is 4.74 Å². The molecule has 1 aromatic heterocycles. The average Bonchev–Trinajstić information content (AvgIpc) is 3.03. The van der Waals surface area contributed by atoms with Crippen LogP contribution in [0.1, 0.15) is 11.1 Å². The Labute approximate surface area is 139 Å². The van der Waals surface area contributed by atoms with Crippen LogP contribution >= 0.6 is 0 Å². The van der Waals surface area contributed by atoms with Crippen LogP contribution in [0, 0.1) is 13.8 Å². The lowest BCUT2D eigenvalue weighted by Crippen LogP contribution is -2.21. The van der Waals surface area contributed by atoms with Gasteiger partial charge in [-0.2, -0.15) is 4.98 Å². The van der Waals surface area contributed by atoms with Crippen LogP contribution in [-0.2, 0) is 4.79 Å². The van der Waals surface area contributed by atoms with Crippen molar-refractivity contribution in [2.45, 2.75) is 13.8 Å². The van der Waals surface area contributed by atoms with E-state index >= 15 is 0 Å². The third kappa shape index (κ3) is 3.78. The molecule has 122 valence electrons. The number of aryl methyl sites for hydroxylation is 2. The number of hydrogen-bond donors (Lipinski definition) is 2. The molecule has 6 heteroatoms. The summed E-state index contributed by atoms with van der Waals surface area (Å²) in [7, 11) is 0. The summed E-state index contributed by atoms with van der Waals surface area (Å²) in [5, 5.41) is 9.43. The normalized spacial score (nSPS) is 10.4. The first-order valence-corrected chi connectivity index (χ1v) is 7.59. The monoisotopic (exact) mass is 322 g/mol. The van der Waals surface area contributed by atoms with Crippen molar-refractivity contribution >= 4 is 11.9 Å². The molecule has 0 saturated carbocycles. The summed E-state index contributed by atoms with van der Waals surface area (Å²) in [4.78, 5) is 16.2. The third-order valence-electron chi connectivity index (χ3n) is 3.51. The number of para-hydroxylation sites is 1. The van der Waals surface area contributed by atoms with Crippen LogP contribution < -0.4 is 10.1 Å². The molecular weight excluding hydrogens is 304 g/mol. The second-order valence-electron chi connectivity index (χ2n) is 5.48. The minimum absolute atomic E-state index is 0.0980. The third-order valence-corrected chi connectivity index (χ3v) is 3.51. The summed E-state index contributed by atoms with van der Waals surface area (Å²) in [5.74, 6) is 1.20. The molecule has 0 aliphatic rings. The molecule has 6 nitrogen and oxygen atoms in total. The number of amides is 1. The van der Waals surface area contributed by atoms with E-state index < -0.39 is 0 Å². The lowest BCUT2D eigenvalue weighted by Gasteiger charge is -2.07. The molecule has 3 aromatic rings. The molecule has 3 rings (SSSR count). The second kappa shape index (κ2) is 6.95. The Kier molecular flexibility index (Phi) is 4.56. The van der Waals surface area contributed by atoms with Gasteiger partial charge in [0, 0.05) is 5.56 Å². The molecule has 0 fully saturated rings. The first-order valence-electron chi connectivity index (χ1n) is 7.59. The molecular formula is C18H18N4O2. The highest BCUT2D eigenvalue weighted by Crippen LogP contribution is 2.17. The van der Waals surface area contributed by atoms with Crippen molar-refractivity contribution in [3.05, 3.63) is 59.7 Å². The Morgan fingerprint density at radius 2 is 1.88 bits per heavy atom. The van der Waals surface area contributed by atoms with Gasteiger partial charge >= 0.3 is 0 Å². The molecule has 0 spiro atoms. The molecule has 0 aliphatic carbocycles. The summed E-state index contributed by atoms with van der Waals surface area (Å²) in [6.45, 7) is 3.85. The Balaban J connectivity index is 1.59. The molecule has 0 atom stereocenters. The number of ether oxygens (including phenoxy) is 1. The SMILES string of the molecule is Cc1ccc(-c2nc(NC(=O)COc3ccccc3C)n[nH]2)cc1. The van der Waals surface area contributed by atoms with E-state index in [1.165, 1.54) is 5.56 Å². The van der Waals surface area contributed by atoms with Crippen molar-refractivity contribution in [3.8, 4) is 17.1 Å². The molecule has 0 radical (unpaired) electrons. The maximum absolute atomic E-state index is 12.0. The minimum Gasteiger partial charge on any atom is -0.483 e. The smallest absolute Gasteiger partial charge is 0.264 e. The van der Waals surface area contributed by atoms with Crippen LogP contribution in [0.5, 0.6) is 5.75 Å². The highest BCUT2D eigenvalue weighted by atomic mass is 16.5. The molecule has 0 saturated heterocycles. The Morgan fingerprint density at radius 1 is 1.12 bits per heavy atom. The van der Waals surface area contributed by atoms with E-state index in [9.17, 15) is 4.79 Å². The van der Waals surface area contributed by atoms with Gasteiger partial charge in [-0.1, -0.05) is 48.0 Å². The number of anilines is 1. The number of benzene rings is 2. The number of nitrogens with zero attached hydrogens (tertiary/aromatic N) is 2. The summed E-state index contributed by atoms with van der Waals surface area (Å²) in [6, 6.07) is 15.4. The number of carbonyl (C=O) groups is 1. The van der Waals surface area contributed by atoms with Crippen molar-refractivity contribution in [1.82, 2.24) is 15.2 Å². The van der Waals surface area contributed by atoms with Crippen LogP contribution in [-0.4, -0.2) is 27.7 Å². The van der Waals surface area contributed by atoms with Crippen LogP contribution in [0.15, 0.2) is 48.5 Å². The summed E-state index contributed by atoms with van der Waals surface area (Å²) in [5.41, 5.74) is 3.05. The first kappa shape index (κ1) is 15.7. The van der Waals surface area contributed by atoms with Gasteiger partial charge in [-0.05, 0) is 25.5 Å². The quantitative estimate of drug-likeness (QED) is 0.756. The number of aromatic nitrogens is 3. The van der Waals surface area contributed by atoms with Crippen LogP contribution in [0.3, 0.4) is 0 Å². The van der Waals surface area contributed by atoms with Gasteiger partial charge in [0.15, 0.2) is 12.4 Å². The van der Waals surface area contributed by atoms with Gasteiger partial charge in [-0.3, -0.25) is 15.2 Å². The van der Waals surface area contributed by atoms with Gasteiger partial charge < -0.3 is 4.74 Å². The van der Waals surface area contributed by atoms with Crippen molar-refractivity contribution in [2.75, 3.05) is 11.9 Å². The number of nitrogens with one attached hydrogen (secondary N) is 2. The van der Waals surface area contributed by atoms with Crippen molar-refractivity contribution in [1.29, 1.82) is 0 Å². The zero-order valence-electron chi connectivity index (χ0n) is 13.5. The predicted molar refractivity (Wildman–Crippen MR) is 91.9 cm³/mol. The van der Waals surface area contributed by atoms with Crippen LogP contribution in [0.2, 0.25) is 0 Å². The Hall–Kier alpha value is -3.15. The lowest BCUT2D eigenvalue weighted by molar-refractivity contribution is -0.118. The molecule has 2 N–H and O–H groups in total. The van der Waals surface area contributed by atoms with Crippen molar-refractivity contribution in [2.24, 2.45) is 0 Å². The van der Waals surface area contributed by atoms with Gasteiger partial charge in [0.1, 0.15) is 5.75 Å². The van der Waals surface area contributed by atoms with Gasteiger partial charge in [0.25, 0.3) is 5.91 Å². The fraction of sp³-hybridized carbons (Fsp3) is 0.167. The average molecular weight is 322 g/mol. The molecule has 24 heavy (non-hydrogen) atoms. The van der Waals surface area contributed by atoms with Gasteiger partial charge in [-0.25, -0.2) is 0 Å². The molecule has 0 unspecified atom stereocenters. The van der Waals surface area contributed by atoms with Gasteiger partial charge in [-0.15, -0.1) is 5.10 Å². The van der Waals surface area contributed by atoms with Crippen molar-refractivity contribution < 1.29 is 9.53 Å². The fourth-order valence-electron chi connectivity index (χ4n) is 2.18. The highest BCUT2D eigenvalue weighted by molar-refractivity contribution is 5.90. The number of H-pyrrole nitrogens is 1. The van der Waals surface area contributed by atoms with E-state index in [1.807, 2.05) is 62.4 Å². The van der Waals surface area contributed by atoms with E-state index in [2.05, 4.69) is 20.5 Å². The number of rotatable bonds is 5. The van der Waals surface area contributed by atoms with E-state index in [-0.39, 0.29) is 18.5 Å². The van der Waals surface area contributed by atoms with Crippen molar-refractivity contribution in [3.63, 3.8) is 0 Å². The molecule has 2 aromatic carbocycles. The second-order valence-corrected chi connectivity index (χ2v) is 5.48. The molecule has 1 amide bonds. The summed E-state index contributed by atoms with van der Waals surface area (Å²) >= 11 is 0.